The summed E-state index contributed by atoms with van der Waals surface area (Å²) in [6, 6.07) is 9.14. The summed E-state index contributed by atoms with van der Waals surface area (Å²) in [5, 5.41) is 3.94. The van der Waals surface area contributed by atoms with Crippen LogP contribution in [0.25, 0.3) is 5.69 Å². The van der Waals surface area contributed by atoms with Crippen molar-refractivity contribution >= 4 is 11.8 Å². The number of nitrogens with zero attached hydrogens (tertiary/aromatic N) is 3. The van der Waals surface area contributed by atoms with Gasteiger partial charge in [-0.2, -0.15) is 9.78 Å². The summed E-state index contributed by atoms with van der Waals surface area (Å²) in [7, 11) is 0. The fourth-order valence-electron chi connectivity index (χ4n) is 2.60. The van der Waals surface area contributed by atoms with Gasteiger partial charge in [-0.1, -0.05) is 6.07 Å². The zero-order valence-corrected chi connectivity index (χ0v) is 12.4. The molecule has 0 atom stereocenters. The van der Waals surface area contributed by atoms with Crippen LogP contribution in [0.1, 0.15) is 33.7 Å². The number of rotatable bonds is 3. The van der Waals surface area contributed by atoms with Crippen LogP contribution in [-0.4, -0.2) is 39.6 Å². The Kier molecular flexibility index (Phi) is 3.92. The second kappa shape index (κ2) is 6.04. The Morgan fingerprint density at radius 2 is 1.83 bits per heavy atom. The molecule has 0 unspecified atom stereocenters. The van der Waals surface area contributed by atoms with Crippen LogP contribution < -0.4 is 11.3 Å². The summed E-state index contributed by atoms with van der Waals surface area (Å²) in [6.07, 6.45) is 2.01. The topological polar surface area (TPSA) is 98.3 Å². The van der Waals surface area contributed by atoms with Gasteiger partial charge in [0.15, 0.2) is 0 Å². The molecule has 7 nitrogen and oxygen atoms in total. The van der Waals surface area contributed by atoms with Crippen molar-refractivity contribution in [3.05, 3.63) is 58.0 Å². The lowest BCUT2D eigenvalue weighted by Crippen LogP contribution is -2.28. The van der Waals surface area contributed by atoms with Crippen LogP contribution in [0.4, 0.5) is 0 Å². The van der Waals surface area contributed by atoms with Crippen LogP contribution in [0.15, 0.2) is 41.2 Å². The Morgan fingerprint density at radius 1 is 1.09 bits per heavy atom. The molecule has 3 rings (SSSR count). The van der Waals surface area contributed by atoms with Crippen molar-refractivity contribution in [2.75, 3.05) is 13.1 Å². The molecule has 1 saturated heterocycles. The van der Waals surface area contributed by atoms with Crippen LogP contribution >= 0.6 is 0 Å². The van der Waals surface area contributed by atoms with Gasteiger partial charge in [0.05, 0.1) is 5.69 Å². The van der Waals surface area contributed by atoms with Gasteiger partial charge in [-0.3, -0.25) is 14.4 Å². The molecule has 2 amide bonds. The number of hydrogen-bond donors (Lipinski definition) is 1. The van der Waals surface area contributed by atoms with E-state index in [0.29, 0.717) is 11.3 Å². The van der Waals surface area contributed by atoms with Gasteiger partial charge in [0, 0.05) is 24.7 Å². The minimum Gasteiger partial charge on any atom is -0.364 e. The molecule has 2 N–H and O–H groups in total. The van der Waals surface area contributed by atoms with E-state index in [1.165, 1.54) is 12.1 Å². The van der Waals surface area contributed by atoms with E-state index < -0.39 is 11.5 Å². The summed E-state index contributed by atoms with van der Waals surface area (Å²) in [5.41, 5.74) is 5.69. The first kappa shape index (κ1) is 15.0. The van der Waals surface area contributed by atoms with E-state index in [0.717, 1.165) is 30.6 Å². The summed E-state index contributed by atoms with van der Waals surface area (Å²) < 4.78 is 1.07. The molecule has 1 aromatic carbocycles. The lowest BCUT2D eigenvalue weighted by molar-refractivity contribution is 0.0792. The summed E-state index contributed by atoms with van der Waals surface area (Å²) in [5.74, 6) is -0.786. The maximum Gasteiger partial charge on any atom is 0.271 e. The molecule has 1 aromatic heterocycles. The van der Waals surface area contributed by atoms with Crippen LogP contribution in [0, 0.1) is 0 Å². The van der Waals surface area contributed by atoms with Crippen molar-refractivity contribution < 1.29 is 9.59 Å². The quantitative estimate of drug-likeness (QED) is 0.895. The Balaban J connectivity index is 2.00. The van der Waals surface area contributed by atoms with Gasteiger partial charge in [-0.15, -0.1) is 0 Å². The SMILES string of the molecule is NC(=O)c1ccc(=O)n(-c2cccc(C(=O)N3CCCC3)c2)n1. The van der Waals surface area contributed by atoms with E-state index in [9.17, 15) is 14.4 Å². The highest BCUT2D eigenvalue weighted by atomic mass is 16.2. The lowest BCUT2D eigenvalue weighted by Gasteiger charge is -2.15. The first-order valence-corrected chi connectivity index (χ1v) is 7.36. The fourth-order valence-corrected chi connectivity index (χ4v) is 2.60. The van der Waals surface area contributed by atoms with Crippen molar-refractivity contribution in [2.45, 2.75) is 12.8 Å². The number of carbonyl (C=O) groups is 2. The third kappa shape index (κ3) is 2.98. The molecule has 0 bridgehead atoms. The standard InChI is InChI=1S/C16H16N4O3/c17-15(22)13-6-7-14(21)20(18-13)12-5-3-4-11(10-12)16(23)19-8-1-2-9-19/h3-7,10H,1-2,8-9H2,(H2,17,22). The van der Waals surface area contributed by atoms with Gasteiger partial charge < -0.3 is 10.6 Å². The Bertz CT molecular complexity index is 822. The molecule has 1 aliphatic rings. The highest BCUT2D eigenvalue weighted by Gasteiger charge is 2.20. The second-order valence-electron chi connectivity index (χ2n) is 5.38. The Labute approximate surface area is 132 Å². The van der Waals surface area contributed by atoms with Crippen LogP contribution in [0.2, 0.25) is 0 Å². The molecule has 23 heavy (non-hydrogen) atoms. The number of primary amides is 1. The summed E-state index contributed by atoms with van der Waals surface area (Å²) in [4.78, 5) is 37.4. The maximum absolute atomic E-state index is 12.4. The van der Waals surface area contributed by atoms with Gasteiger partial charge >= 0.3 is 0 Å². The molecule has 0 saturated carbocycles. The van der Waals surface area contributed by atoms with Crippen molar-refractivity contribution in [1.82, 2.24) is 14.7 Å². The average Bonchev–Trinajstić information content (AvgIpc) is 3.09. The number of nitrogens with two attached hydrogens (primary N) is 1. The van der Waals surface area contributed by atoms with Gasteiger partial charge in [0.25, 0.3) is 17.4 Å². The van der Waals surface area contributed by atoms with E-state index in [2.05, 4.69) is 5.10 Å². The smallest absolute Gasteiger partial charge is 0.271 e. The minimum absolute atomic E-state index is 0.0131. The first-order chi connectivity index (χ1) is 11.1. The fraction of sp³-hybridized carbons (Fsp3) is 0.250. The highest BCUT2D eigenvalue weighted by molar-refractivity contribution is 5.95. The van der Waals surface area contributed by atoms with Gasteiger partial charge in [-0.25, -0.2) is 0 Å². The molecule has 118 valence electrons. The maximum atomic E-state index is 12.4. The van der Waals surface area contributed by atoms with Gasteiger partial charge in [0.2, 0.25) is 0 Å². The molecule has 0 spiro atoms. The second-order valence-corrected chi connectivity index (χ2v) is 5.38. The number of hydrogen-bond acceptors (Lipinski definition) is 4. The normalized spacial score (nSPS) is 14.0. The third-order valence-corrected chi connectivity index (χ3v) is 3.78. The van der Waals surface area contributed by atoms with Crippen LogP contribution in [0.3, 0.4) is 0 Å². The summed E-state index contributed by atoms with van der Waals surface area (Å²) >= 11 is 0. The summed E-state index contributed by atoms with van der Waals surface area (Å²) in [6.45, 7) is 1.50. The third-order valence-electron chi connectivity index (χ3n) is 3.78. The van der Waals surface area contributed by atoms with Crippen molar-refractivity contribution in [3.63, 3.8) is 0 Å². The monoisotopic (exact) mass is 312 g/mol. The van der Waals surface area contributed by atoms with E-state index in [1.807, 2.05) is 0 Å². The van der Waals surface area contributed by atoms with Gasteiger partial charge in [0.1, 0.15) is 5.69 Å². The lowest BCUT2D eigenvalue weighted by atomic mass is 10.1. The van der Waals surface area contributed by atoms with Crippen LogP contribution in [0.5, 0.6) is 0 Å². The zero-order chi connectivity index (χ0) is 16.4. The van der Waals surface area contributed by atoms with E-state index in [-0.39, 0.29) is 11.6 Å². The van der Waals surface area contributed by atoms with Crippen LogP contribution in [-0.2, 0) is 0 Å². The number of aromatic nitrogens is 2. The predicted molar refractivity (Wildman–Crippen MR) is 83.5 cm³/mol. The molecule has 0 aliphatic carbocycles. The molecule has 7 heteroatoms. The van der Waals surface area contributed by atoms with E-state index in [1.54, 1.807) is 29.2 Å². The molecule has 1 aliphatic heterocycles. The number of amides is 2. The Morgan fingerprint density at radius 3 is 2.52 bits per heavy atom. The van der Waals surface area contributed by atoms with E-state index >= 15 is 0 Å². The molecular weight excluding hydrogens is 296 g/mol. The number of likely N-dealkylation sites (tertiary alicyclic amines) is 1. The molecule has 2 aromatic rings. The van der Waals surface area contributed by atoms with Gasteiger partial charge in [-0.05, 0) is 37.1 Å². The highest BCUT2D eigenvalue weighted by Crippen LogP contribution is 2.15. The Hall–Kier alpha value is -2.96. The first-order valence-electron chi connectivity index (χ1n) is 7.36. The van der Waals surface area contributed by atoms with Crippen molar-refractivity contribution in [3.8, 4) is 5.69 Å². The number of benzene rings is 1. The molecule has 0 radical (unpaired) electrons. The molecular formula is C16H16N4O3. The van der Waals surface area contributed by atoms with Crippen molar-refractivity contribution in [1.29, 1.82) is 0 Å². The molecule has 2 heterocycles. The molecule has 1 fully saturated rings. The average molecular weight is 312 g/mol. The predicted octanol–water partition coefficient (Wildman–Crippen LogP) is 0.567. The van der Waals surface area contributed by atoms with E-state index in [4.69, 9.17) is 5.73 Å². The zero-order valence-electron chi connectivity index (χ0n) is 12.4. The minimum atomic E-state index is -0.719. The number of carbonyl (C=O) groups excluding carboxylic acids is 2. The largest absolute Gasteiger partial charge is 0.364 e. The van der Waals surface area contributed by atoms with Crippen molar-refractivity contribution in [2.24, 2.45) is 5.73 Å².